The quantitative estimate of drug-likeness (QED) is 0.801. The minimum Gasteiger partial charge on any atom is -0.374 e. The molecule has 0 fully saturated rings. The number of benzene rings is 1. The van der Waals surface area contributed by atoms with Crippen molar-refractivity contribution in [2.75, 3.05) is 39.1 Å². The van der Waals surface area contributed by atoms with E-state index in [0.29, 0.717) is 5.92 Å². The zero-order valence-corrected chi connectivity index (χ0v) is 11.8. The molecule has 0 aromatic heterocycles. The van der Waals surface area contributed by atoms with E-state index in [1.807, 2.05) is 0 Å². The van der Waals surface area contributed by atoms with Crippen LogP contribution in [0.25, 0.3) is 0 Å². The molecule has 3 heteroatoms. The Kier molecular flexibility index (Phi) is 5.29. The van der Waals surface area contributed by atoms with Crippen molar-refractivity contribution in [2.24, 2.45) is 0 Å². The Labute approximate surface area is 111 Å². The van der Waals surface area contributed by atoms with Gasteiger partial charge in [0.1, 0.15) is 0 Å². The third kappa shape index (κ3) is 3.36. The molecule has 0 saturated carbocycles. The maximum Gasteiger partial charge on any atom is 0.0399 e. The second-order valence-electron chi connectivity index (χ2n) is 5.08. The summed E-state index contributed by atoms with van der Waals surface area (Å²) in [7, 11) is 6.53. The standard InChI is InChI=1S/C14H22N2.ClH/c1-15(2)11-12-7-6-10-16(3)14-9-5-4-8-13(12)14;/h4-5,8-9,12H,6-7,10-11H2,1-3H3;1H. The summed E-state index contributed by atoms with van der Waals surface area (Å²) in [6.45, 7) is 2.34. The molecule has 1 unspecified atom stereocenters. The van der Waals surface area contributed by atoms with Crippen LogP contribution in [0.4, 0.5) is 5.69 Å². The van der Waals surface area contributed by atoms with Crippen LogP contribution in [-0.2, 0) is 0 Å². The van der Waals surface area contributed by atoms with Crippen molar-refractivity contribution in [3.05, 3.63) is 29.8 Å². The van der Waals surface area contributed by atoms with Crippen LogP contribution in [0.15, 0.2) is 24.3 Å². The first-order chi connectivity index (χ1) is 7.68. The molecular weight excluding hydrogens is 232 g/mol. The molecule has 0 aliphatic carbocycles. The topological polar surface area (TPSA) is 6.48 Å². The number of hydrogen-bond acceptors (Lipinski definition) is 2. The van der Waals surface area contributed by atoms with Crippen molar-refractivity contribution in [1.29, 1.82) is 0 Å². The Morgan fingerprint density at radius 2 is 2.00 bits per heavy atom. The van der Waals surface area contributed by atoms with Crippen molar-refractivity contribution in [1.82, 2.24) is 4.90 Å². The number of fused-ring (bicyclic) bond motifs is 1. The molecule has 2 nitrogen and oxygen atoms in total. The van der Waals surface area contributed by atoms with Crippen LogP contribution < -0.4 is 4.90 Å². The molecule has 0 spiro atoms. The van der Waals surface area contributed by atoms with Crippen LogP contribution in [0, 0.1) is 0 Å². The second-order valence-corrected chi connectivity index (χ2v) is 5.08. The normalized spacial score (nSPS) is 19.5. The lowest BCUT2D eigenvalue weighted by Crippen LogP contribution is -2.20. The molecule has 1 aliphatic rings. The first-order valence-electron chi connectivity index (χ1n) is 6.13. The van der Waals surface area contributed by atoms with Gasteiger partial charge in [0.05, 0.1) is 0 Å². The van der Waals surface area contributed by atoms with Gasteiger partial charge in [0.15, 0.2) is 0 Å². The van der Waals surface area contributed by atoms with Crippen LogP contribution in [0.3, 0.4) is 0 Å². The third-order valence-corrected chi connectivity index (χ3v) is 3.42. The molecule has 1 atom stereocenters. The van der Waals surface area contributed by atoms with Crippen molar-refractivity contribution in [3.63, 3.8) is 0 Å². The van der Waals surface area contributed by atoms with Gasteiger partial charge in [0.25, 0.3) is 0 Å². The number of anilines is 1. The van der Waals surface area contributed by atoms with E-state index >= 15 is 0 Å². The number of likely N-dealkylation sites (N-methyl/N-ethyl adjacent to an activating group) is 1. The van der Waals surface area contributed by atoms with Crippen LogP contribution in [0.1, 0.15) is 24.3 Å². The summed E-state index contributed by atoms with van der Waals surface area (Å²) in [5.74, 6) is 0.691. The molecule has 0 bridgehead atoms. The highest BCUT2D eigenvalue weighted by atomic mass is 35.5. The molecule has 96 valence electrons. The van der Waals surface area contributed by atoms with Crippen molar-refractivity contribution < 1.29 is 0 Å². The minimum absolute atomic E-state index is 0. The molecule has 0 amide bonds. The molecule has 1 heterocycles. The largest absolute Gasteiger partial charge is 0.374 e. The van der Waals surface area contributed by atoms with Gasteiger partial charge < -0.3 is 9.80 Å². The van der Waals surface area contributed by atoms with E-state index < -0.39 is 0 Å². The Hall–Kier alpha value is -0.730. The van der Waals surface area contributed by atoms with E-state index in [0.717, 1.165) is 6.54 Å². The first-order valence-corrected chi connectivity index (χ1v) is 6.13. The van der Waals surface area contributed by atoms with Crippen LogP contribution in [0.5, 0.6) is 0 Å². The molecule has 1 aliphatic heterocycles. The Morgan fingerprint density at radius 1 is 1.29 bits per heavy atom. The van der Waals surface area contributed by atoms with Crippen LogP contribution >= 0.6 is 12.4 Å². The van der Waals surface area contributed by atoms with E-state index in [1.165, 1.54) is 30.6 Å². The molecule has 2 rings (SSSR count). The molecule has 17 heavy (non-hydrogen) atoms. The fraction of sp³-hybridized carbons (Fsp3) is 0.571. The lowest BCUT2D eigenvalue weighted by atomic mass is 9.94. The van der Waals surface area contributed by atoms with Gasteiger partial charge >= 0.3 is 0 Å². The molecule has 0 N–H and O–H groups in total. The van der Waals surface area contributed by atoms with Gasteiger partial charge in [0, 0.05) is 25.8 Å². The average molecular weight is 255 g/mol. The van der Waals surface area contributed by atoms with E-state index in [4.69, 9.17) is 0 Å². The van der Waals surface area contributed by atoms with Gasteiger partial charge in [-0.25, -0.2) is 0 Å². The Balaban J connectivity index is 0.00000144. The van der Waals surface area contributed by atoms with E-state index in [1.54, 1.807) is 0 Å². The summed E-state index contributed by atoms with van der Waals surface area (Å²) < 4.78 is 0. The van der Waals surface area contributed by atoms with Crippen molar-refractivity contribution in [2.45, 2.75) is 18.8 Å². The highest BCUT2D eigenvalue weighted by Crippen LogP contribution is 2.33. The van der Waals surface area contributed by atoms with Gasteiger partial charge in [0.2, 0.25) is 0 Å². The Bertz CT molecular complexity index is 352. The van der Waals surface area contributed by atoms with Gasteiger partial charge in [-0.05, 0) is 44.5 Å². The number of para-hydroxylation sites is 1. The zero-order chi connectivity index (χ0) is 11.5. The summed E-state index contributed by atoms with van der Waals surface area (Å²) in [5.41, 5.74) is 2.95. The fourth-order valence-electron chi connectivity index (χ4n) is 2.66. The van der Waals surface area contributed by atoms with Crippen LogP contribution in [0.2, 0.25) is 0 Å². The fourth-order valence-corrected chi connectivity index (χ4v) is 2.66. The first kappa shape index (κ1) is 14.3. The lowest BCUT2D eigenvalue weighted by Gasteiger charge is -2.23. The smallest absolute Gasteiger partial charge is 0.0399 e. The SMILES string of the molecule is CN(C)CC1CCCN(C)c2ccccc21.Cl. The maximum atomic E-state index is 2.39. The predicted octanol–water partition coefficient (Wildman–Crippen LogP) is 2.98. The Morgan fingerprint density at radius 3 is 2.71 bits per heavy atom. The van der Waals surface area contributed by atoms with E-state index in [-0.39, 0.29) is 12.4 Å². The molecule has 0 radical (unpaired) electrons. The van der Waals surface area contributed by atoms with E-state index in [2.05, 4.69) is 55.2 Å². The predicted molar refractivity (Wildman–Crippen MR) is 77.5 cm³/mol. The third-order valence-electron chi connectivity index (χ3n) is 3.42. The maximum absolute atomic E-state index is 2.39. The van der Waals surface area contributed by atoms with Crippen LogP contribution in [-0.4, -0.2) is 39.1 Å². The van der Waals surface area contributed by atoms with Gasteiger partial charge in [-0.1, -0.05) is 18.2 Å². The van der Waals surface area contributed by atoms with Gasteiger partial charge in [-0.3, -0.25) is 0 Å². The summed E-state index contributed by atoms with van der Waals surface area (Å²) in [6, 6.07) is 8.86. The highest BCUT2D eigenvalue weighted by molar-refractivity contribution is 5.85. The van der Waals surface area contributed by atoms with E-state index in [9.17, 15) is 0 Å². The molecule has 0 saturated heterocycles. The summed E-state index contributed by atoms with van der Waals surface area (Å²) in [4.78, 5) is 4.69. The van der Waals surface area contributed by atoms with Gasteiger partial charge in [-0.2, -0.15) is 0 Å². The van der Waals surface area contributed by atoms with Gasteiger partial charge in [-0.15, -0.1) is 12.4 Å². The molecular formula is C14H23ClN2. The highest BCUT2D eigenvalue weighted by Gasteiger charge is 2.20. The monoisotopic (exact) mass is 254 g/mol. The van der Waals surface area contributed by atoms with Crippen molar-refractivity contribution >= 4 is 18.1 Å². The number of hydrogen-bond donors (Lipinski definition) is 0. The summed E-state index contributed by atoms with van der Waals surface area (Å²) in [6.07, 6.45) is 2.60. The lowest BCUT2D eigenvalue weighted by molar-refractivity contribution is 0.363. The summed E-state index contributed by atoms with van der Waals surface area (Å²) >= 11 is 0. The number of halogens is 1. The van der Waals surface area contributed by atoms with Crippen molar-refractivity contribution in [3.8, 4) is 0 Å². The number of nitrogens with zero attached hydrogens (tertiary/aromatic N) is 2. The minimum atomic E-state index is 0. The molecule has 1 aromatic rings. The second kappa shape index (κ2) is 6.27. The zero-order valence-electron chi connectivity index (χ0n) is 11.0. The summed E-state index contributed by atoms with van der Waals surface area (Å²) in [5, 5.41) is 0. The average Bonchev–Trinajstić information content (AvgIpc) is 2.40. The molecule has 1 aromatic carbocycles. The number of rotatable bonds is 2.